The summed E-state index contributed by atoms with van der Waals surface area (Å²) in [7, 11) is 1.33. The second-order valence-electron chi connectivity index (χ2n) is 3.81. The van der Waals surface area contributed by atoms with Gasteiger partial charge >= 0.3 is 6.61 Å². The highest BCUT2D eigenvalue weighted by Crippen LogP contribution is 2.30. The molecule has 2 aromatic rings. The first-order chi connectivity index (χ1) is 9.61. The smallest absolute Gasteiger partial charge is 0.387 e. The molecule has 0 aliphatic rings. The number of halogens is 2. The molecular weight excluding hydrogens is 268 g/mol. The van der Waals surface area contributed by atoms with E-state index >= 15 is 0 Å². The van der Waals surface area contributed by atoms with Crippen LogP contribution in [0.5, 0.6) is 11.5 Å². The fraction of sp³-hybridized carbons (Fsp3) is 0.143. The van der Waals surface area contributed by atoms with Crippen molar-refractivity contribution in [3.8, 4) is 11.5 Å². The Morgan fingerprint density at radius 3 is 2.40 bits per heavy atom. The zero-order chi connectivity index (χ0) is 14.5. The number of carbonyl (C=O) groups is 1. The molecule has 0 atom stereocenters. The average molecular weight is 279 g/mol. The third kappa shape index (κ3) is 3.09. The maximum Gasteiger partial charge on any atom is 0.387 e. The summed E-state index contributed by atoms with van der Waals surface area (Å²) in [6, 6.07) is 7.21. The van der Waals surface area contributed by atoms with E-state index in [1.165, 1.54) is 37.7 Å². The van der Waals surface area contributed by atoms with Gasteiger partial charge in [0.25, 0.3) is 0 Å². The van der Waals surface area contributed by atoms with Gasteiger partial charge < -0.3 is 9.47 Å². The second-order valence-corrected chi connectivity index (χ2v) is 3.81. The Kier molecular flexibility index (Phi) is 4.24. The first-order valence-corrected chi connectivity index (χ1v) is 5.69. The SMILES string of the molecule is COc1ccc(C(=O)c2ccncc2)cc1OC(F)F. The van der Waals surface area contributed by atoms with Crippen molar-refractivity contribution in [1.82, 2.24) is 4.98 Å². The highest BCUT2D eigenvalue weighted by molar-refractivity contribution is 6.09. The van der Waals surface area contributed by atoms with E-state index in [1.807, 2.05) is 0 Å². The number of ether oxygens (including phenoxy) is 2. The predicted octanol–water partition coefficient (Wildman–Crippen LogP) is 2.92. The molecular formula is C14H11F2NO3. The lowest BCUT2D eigenvalue weighted by Crippen LogP contribution is -2.06. The van der Waals surface area contributed by atoms with Crippen LogP contribution in [-0.4, -0.2) is 24.5 Å². The molecule has 0 radical (unpaired) electrons. The molecule has 0 fully saturated rings. The quantitative estimate of drug-likeness (QED) is 0.790. The Morgan fingerprint density at radius 1 is 1.10 bits per heavy atom. The molecule has 0 unspecified atom stereocenters. The van der Waals surface area contributed by atoms with Crippen LogP contribution in [0, 0.1) is 0 Å². The number of carbonyl (C=O) groups excluding carboxylic acids is 1. The predicted molar refractivity (Wildman–Crippen MR) is 67.3 cm³/mol. The largest absolute Gasteiger partial charge is 0.493 e. The molecule has 6 heteroatoms. The third-order valence-corrected chi connectivity index (χ3v) is 2.58. The minimum atomic E-state index is -2.99. The van der Waals surface area contributed by atoms with Gasteiger partial charge in [0.1, 0.15) is 0 Å². The van der Waals surface area contributed by atoms with Crippen LogP contribution in [0.3, 0.4) is 0 Å². The van der Waals surface area contributed by atoms with Crippen LogP contribution in [0.1, 0.15) is 15.9 Å². The van der Waals surface area contributed by atoms with Gasteiger partial charge in [-0.25, -0.2) is 0 Å². The van der Waals surface area contributed by atoms with Crippen molar-refractivity contribution in [2.45, 2.75) is 6.61 Å². The lowest BCUT2D eigenvalue weighted by Gasteiger charge is -2.11. The van der Waals surface area contributed by atoms with Crippen LogP contribution in [-0.2, 0) is 0 Å². The van der Waals surface area contributed by atoms with Gasteiger partial charge in [-0.2, -0.15) is 8.78 Å². The van der Waals surface area contributed by atoms with Crippen LogP contribution >= 0.6 is 0 Å². The molecule has 0 amide bonds. The molecule has 4 nitrogen and oxygen atoms in total. The number of alkyl halides is 2. The van der Waals surface area contributed by atoms with Gasteiger partial charge in [-0.05, 0) is 30.3 Å². The molecule has 0 bridgehead atoms. The first kappa shape index (κ1) is 13.9. The van der Waals surface area contributed by atoms with E-state index in [4.69, 9.17) is 4.74 Å². The van der Waals surface area contributed by atoms with Crippen molar-refractivity contribution in [3.05, 3.63) is 53.9 Å². The molecule has 0 aliphatic carbocycles. The summed E-state index contributed by atoms with van der Waals surface area (Å²) >= 11 is 0. The number of rotatable bonds is 5. The average Bonchev–Trinajstić information content (AvgIpc) is 2.46. The zero-order valence-corrected chi connectivity index (χ0v) is 10.5. The maximum atomic E-state index is 12.3. The molecule has 1 aromatic heterocycles. The van der Waals surface area contributed by atoms with E-state index in [-0.39, 0.29) is 22.8 Å². The summed E-state index contributed by atoms with van der Waals surface area (Å²) in [4.78, 5) is 16.0. The number of nitrogens with zero attached hydrogens (tertiary/aromatic N) is 1. The molecule has 0 saturated carbocycles. The van der Waals surface area contributed by atoms with E-state index in [2.05, 4.69) is 9.72 Å². The summed E-state index contributed by atoms with van der Waals surface area (Å²) < 4.78 is 33.9. The van der Waals surface area contributed by atoms with Crippen LogP contribution in [0.4, 0.5) is 8.78 Å². The molecule has 2 rings (SSSR count). The van der Waals surface area contributed by atoms with Crippen molar-refractivity contribution >= 4 is 5.78 Å². The van der Waals surface area contributed by atoms with E-state index in [1.54, 1.807) is 12.1 Å². The maximum absolute atomic E-state index is 12.3. The first-order valence-electron chi connectivity index (χ1n) is 5.69. The summed E-state index contributed by atoms with van der Waals surface area (Å²) in [5.74, 6) is -0.354. The molecule has 0 spiro atoms. The number of methoxy groups -OCH3 is 1. The van der Waals surface area contributed by atoms with Gasteiger partial charge in [0.2, 0.25) is 0 Å². The van der Waals surface area contributed by atoms with E-state index in [0.29, 0.717) is 5.56 Å². The lowest BCUT2D eigenvalue weighted by atomic mass is 10.0. The Morgan fingerprint density at radius 2 is 1.80 bits per heavy atom. The topological polar surface area (TPSA) is 48.4 Å². The van der Waals surface area contributed by atoms with Crippen molar-refractivity contribution in [2.24, 2.45) is 0 Å². The normalized spacial score (nSPS) is 10.4. The fourth-order valence-corrected chi connectivity index (χ4v) is 1.68. The minimum Gasteiger partial charge on any atom is -0.493 e. The van der Waals surface area contributed by atoms with E-state index in [9.17, 15) is 13.6 Å². The number of ketones is 1. The Bertz CT molecular complexity index is 603. The molecule has 0 aliphatic heterocycles. The molecule has 1 heterocycles. The van der Waals surface area contributed by atoms with Gasteiger partial charge in [0.05, 0.1) is 7.11 Å². The Labute approximate surface area is 114 Å². The third-order valence-electron chi connectivity index (χ3n) is 2.58. The monoisotopic (exact) mass is 279 g/mol. The number of hydrogen-bond acceptors (Lipinski definition) is 4. The van der Waals surface area contributed by atoms with Crippen molar-refractivity contribution < 1.29 is 23.0 Å². The van der Waals surface area contributed by atoms with Gasteiger partial charge in [-0.3, -0.25) is 9.78 Å². The summed E-state index contributed by atoms with van der Waals surface area (Å²) in [6.07, 6.45) is 2.96. The molecule has 1 aromatic carbocycles. The van der Waals surface area contributed by atoms with Crippen LogP contribution in [0.2, 0.25) is 0 Å². The number of pyridine rings is 1. The second kappa shape index (κ2) is 6.10. The van der Waals surface area contributed by atoms with E-state index < -0.39 is 6.61 Å². The van der Waals surface area contributed by atoms with Crippen molar-refractivity contribution in [1.29, 1.82) is 0 Å². The Hall–Kier alpha value is -2.50. The summed E-state index contributed by atoms with van der Waals surface area (Å²) in [5, 5.41) is 0. The van der Waals surface area contributed by atoms with Gasteiger partial charge in [0.15, 0.2) is 17.3 Å². The van der Waals surface area contributed by atoms with Gasteiger partial charge in [-0.15, -0.1) is 0 Å². The zero-order valence-electron chi connectivity index (χ0n) is 10.5. The molecule has 0 saturated heterocycles. The molecule has 0 N–H and O–H groups in total. The van der Waals surface area contributed by atoms with Crippen LogP contribution in [0.15, 0.2) is 42.7 Å². The van der Waals surface area contributed by atoms with Crippen LogP contribution in [0.25, 0.3) is 0 Å². The molecule has 104 valence electrons. The van der Waals surface area contributed by atoms with Crippen molar-refractivity contribution in [2.75, 3.05) is 7.11 Å². The summed E-state index contributed by atoms with van der Waals surface area (Å²) in [6.45, 7) is -2.99. The highest BCUT2D eigenvalue weighted by Gasteiger charge is 2.15. The number of aromatic nitrogens is 1. The van der Waals surface area contributed by atoms with Crippen molar-refractivity contribution in [3.63, 3.8) is 0 Å². The fourth-order valence-electron chi connectivity index (χ4n) is 1.68. The minimum absolute atomic E-state index is 0.136. The molecule has 20 heavy (non-hydrogen) atoms. The van der Waals surface area contributed by atoms with Gasteiger partial charge in [-0.1, -0.05) is 0 Å². The standard InChI is InChI=1S/C14H11F2NO3/c1-19-11-3-2-10(8-12(11)20-14(15)16)13(18)9-4-6-17-7-5-9/h2-8,14H,1H3. The summed E-state index contributed by atoms with van der Waals surface area (Å²) in [5.41, 5.74) is 0.640. The number of hydrogen-bond donors (Lipinski definition) is 0. The lowest BCUT2D eigenvalue weighted by molar-refractivity contribution is -0.0512. The van der Waals surface area contributed by atoms with Gasteiger partial charge in [0, 0.05) is 23.5 Å². The highest BCUT2D eigenvalue weighted by atomic mass is 19.3. The van der Waals surface area contributed by atoms with Crippen LogP contribution < -0.4 is 9.47 Å². The van der Waals surface area contributed by atoms with E-state index in [0.717, 1.165) is 0 Å². The number of benzene rings is 1. The Balaban J connectivity index is 2.35.